The molecule has 1 aliphatic carbocycles. The average Bonchev–Trinajstić information content (AvgIpc) is 2.92. The van der Waals surface area contributed by atoms with Crippen molar-refractivity contribution in [3.05, 3.63) is 57.3 Å². The molecule has 0 radical (unpaired) electrons. The monoisotopic (exact) mass is 258 g/mol. The summed E-state index contributed by atoms with van der Waals surface area (Å²) in [4.78, 5) is 0. The van der Waals surface area contributed by atoms with Crippen LogP contribution in [0.25, 0.3) is 0 Å². The Hall–Kier alpha value is -1.16. The maximum absolute atomic E-state index is 6.18. The molecule has 18 heavy (non-hydrogen) atoms. The zero-order chi connectivity index (χ0) is 12.5. The zero-order valence-corrected chi connectivity index (χ0v) is 11.3. The van der Waals surface area contributed by atoms with Crippen LogP contribution in [0.2, 0.25) is 0 Å². The lowest BCUT2D eigenvalue weighted by Gasteiger charge is -2.13. The normalized spacial score (nSPS) is 22.1. The number of rotatable bonds is 3. The van der Waals surface area contributed by atoms with E-state index in [1.165, 1.54) is 22.3 Å². The van der Waals surface area contributed by atoms with Crippen molar-refractivity contribution in [2.45, 2.75) is 32.0 Å². The lowest BCUT2D eigenvalue weighted by atomic mass is 10.1. The molecule has 3 rings (SSSR count). The molecular formula is C15H18N2S. The van der Waals surface area contributed by atoms with Gasteiger partial charge in [-0.05, 0) is 46.4 Å². The van der Waals surface area contributed by atoms with Crippen molar-refractivity contribution < 1.29 is 0 Å². The van der Waals surface area contributed by atoms with Crippen LogP contribution in [0.4, 0.5) is 0 Å². The quantitative estimate of drug-likeness (QED) is 0.886. The summed E-state index contributed by atoms with van der Waals surface area (Å²) in [5.41, 5.74) is 11.6. The van der Waals surface area contributed by atoms with Gasteiger partial charge in [-0.3, -0.25) is 0 Å². The molecule has 1 aromatic heterocycles. The van der Waals surface area contributed by atoms with Crippen LogP contribution in [0.1, 0.15) is 40.8 Å². The van der Waals surface area contributed by atoms with Gasteiger partial charge in [0, 0.05) is 18.6 Å². The second kappa shape index (κ2) is 4.84. The number of aryl methyl sites for hydroxylation is 1. The first-order valence-corrected chi connectivity index (χ1v) is 7.29. The van der Waals surface area contributed by atoms with E-state index in [2.05, 4.69) is 47.3 Å². The van der Waals surface area contributed by atoms with Crippen molar-refractivity contribution in [2.75, 3.05) is 0 Å². The molecule has 3 N–H and O–H groups in total. The van der Waals surface area contributed by atoms with Gasteiger partial charge in [0.05, 0.1) is 0 Å². The Morgan fingerprint density at radius 1 is 1.28 bits per heavy atom. The van der Waals surface area contributed by atoms with E-state index in [4.69, 9.17) is 5.73 Å². The summed E-state index contributed by atoms with van der Waals surface area (Å²) in [6.45, 7) is 3.10. The summed E-state index contributed by atoms with van der Waals surface area (Å²) in [5.74, 6) is 0. The molecule has 0 aliphatic heterocycles. The van der Waals surface area contributed by atoms with Crippen molar-refractivity contribution in [1.29, 1.82) is 0 Å². The Morgan fingerprint density at radius 2 is 2.06 bits per heavy atom. The Morgan fingerprint density at radius 3 is 2.78 bits per heavy atom. The maximum atomic E-state index is 6.18. The summed E-state index contributed by atoms with van der Waals surface area (Å²) < 4.78 is 0. The Bertz CT molecular complexity index is 547. The van der Waals surface area contributed by atoms with Crippen molar-refractivity contribution in [2.24, 2.45) is 5.73 Å². The van der Waals surface area contributed by atoms with Gasteiger partial charge in [0.1, 0.15) is 0 Å². The predicted molar refractivity (Wildman–Crippen MR) is 76.6 cm³/mol. The first-order valence-electron chi connectivity index (χ1n) is 6.35. The SMILES string of the molecule is Cc1cscc1CNC1CC(N)c2ccccc21. The van der Waals surface area contributed by atoms with Crippen LogP contribution >= 0.6 is 11.3 Å². The third-order valence-electron chi connectivity index (χ3n) is 3.76. The van der Waals surface area contributed by atoms with Gasteiger partial charge >= 0.3 is 0 Å². The van der Waals surface area contributed by atoms with Gasteiger partial charge < -0.3 is 11.1 Å². The smallest absolute Gasteiger partial charge is 0.0344 e. The molecule has 2 aromatic rings. The molecule has 0 saturated carbocycles. The minimum Gasteiger partial charge on any atom is -0.324 e. The van der Waals surface area contributed by atoms with E-state index in [1.54, 1.807) is 11.3 Å². The van der Waals surface area contributed by atoms with E-state index in [1.807, 2.05) is 0 Å². The van der Waals surface area contributed by atoms with E-state index in [9.17, 15) is 0 Å². The Labute approximate surface area is 112 Å². The minimum atomic E-state index is 0.183. The molecule has 1 aliphatic rings. The fourth-order valence-corrected chi connectivity index (χ4v) is 3.53. The van der Waals surface area contributed by atoms with Crippen LogP contribution in [0.5, 0.6) is 0 Å². The molecule has 1 aromatic carbocycles. The third kappa shape index (κ3) is 2.09. The molecule has 1 heterocycles. The number of thiophene rings is 1. The van der Waals surface area contributed by atoms with E-state index in [-0.39, 0.29) is 6.04 Å². The Balaban J connectivity index is 1.74. The van der Waals surface area contributed by atoms with Crippen molar-refractivity contribution in [3.8, 4) is 0 Å². The van der Waals surface area contributed by atoms with E-state index < -0.39 is 0 Å². The van der Waals surface area contributed by atoms with Crippen molar-refractivity contribution in [1.82, 2.24) is 5.32 Å². The lowest BCUT2D eigenvalue weighted by molar-refractivity contribution is 0.498. The number of nitrogens with one attached hydrogen (secondary N) is 1. The van der Waals surface area contributed by atoms with E-state index >= 15 is 0 Å². The number of fused-ring (bicyclic) bond motifs is 1. The largest absolute Gasteiger partial charge is 0.324 e. The number of hydrogen-bond donors (Lipinski definition) is 2. The highest BCUT2D eigenvalue weighted by molar-refractivity contribution is 7.08. The van der Waals surface area contributed by atoms with Crippen LogP contribution in [0.3, 0.4) is 0 Å². The molecular weight excluding hydrogens is 240 g/mol. The van der Waals surface area contributed by atoms with Crippen molar-refractivity contribution in [3.63, 3.8) is 0 Å². The molecule has 0 saturated heterocycles. The van der Waals surface area contributed by atoms with Gasteiger partial charge in [0.2, 0.25) is 0 Å². The molecule has 2 atom stereocenters. The summed E-state index contributed by atoms with van der Waals surface area (Å²) in [6, 6.07) is 9.10. The van der Waals surface area contributed by atoms with E-state index in [0.717, 1.165) is 13.0 Å². The first-order chi connectivity index (χ1) is 8.75. The molecule has 3 heteroatoms. The van der Waals surface area contributed by atoms with Crippen molar-refractivity contribution >= 4 is 11.3 Å². The second-order valence-electron chi connectivity index (χ2n) is 4.98. The highest BCUT2D eigenvalue weighted by Crippen LogP contribution is 2.37. The molecule has 94 valence electrons. The number of benzene rings is 1. The Kier molecular flexibility index (Phi) is 3.20. The molecule has 2 nitrogen and oxygen atoms in total. The first kappa shape index (κ1) is 11.9. The summed E-state index contributed by atoms with van der Waals surface area (Å²) in [5, 5.41) is 8.06. The van der Waals surface area contributed by atoms with Crippen LogP contribution in [-0.4, -0.2) is 0 Å². The fourth-order valence-electron chi connectivity index (χ4n) is 2.67. The molecule has 2 unspecified atom stereocenters. The second-order valence-corrected chi connectivity index (χ2v) is 5.73. The molecule has 0 fully saturated rings. The van der Waals surface area contributed by atoms with Gasteiger partial charge in [0.15, 0.2) is 0 Å². The predicted octanol–water partition coefficient (Wildman–Crippen LogP) is 3.29. The summed E-state index contributed by atoms with van der Waals surface area (Å²) >= 11 is 1.77. The molecule has 0 bridgehead atoms. The van der Waals surface area contributed by atoms with Gasteiger partial charge in [-0.1, -0.05) is 24.3 Å². The molecule has 0 spiro atoms. The molecule has 0 amide bonds. The maximum Gasteiger partial charge on any atom is 0.0344 e. The van der Waals surface area contributed by atoms with E-state index in [0.29, 0.717) is 6.04 Å². The van der Waals surface area contributed by atoms with Crippen LogP contribution < -0.4 is 11.1 Å². The standard InChI is InChI=1S/C15H18N2S/c1-10-8-18-9-11(10)7-17-15-6-14(16)12-4-2-3-5-13(12)15/h2-5,8-9,14-15,17H,6-7,16H2,1H3. The van der Waals surface area contributed by atoms with Gasteiger partial charge in [-0.25, -0.2) is 0 Å². The summed E-state index contributed by atoms with van der Waals surface area (Å²) in [7, 11) is 0. The minimum absolute atomic E-state index is 0.183. The van der Waals surface area contributed by atoms with Gasteiger partial charge in [-0.15, -0.1) is 0 Å². The van der Waals surface area contributed by atoms with Crippen LogP contribution in [0, 0.1) is 6.92 Å². The highest BCUT2D eigenvalue weighted by Gasteiger charge is 2.27. The zero-order valence-electron chi connectivity index (χ0n) is 10.5. The fraction of sp³-hybridized carbons (Fsp3) is 0.333. The van der Waals surface area contributed by atoms with Gasteiger partial charge in [0.25, 0.3) is 0 Å². The third-order valence-corrected chi connectivity index (χ3v) is 4.67. The highest BCUT2D eigenvalue weighted by atomic mass is 32.1. The van der Waals surface area contributed by atoms with Crippen LogP contribution in [0.15, 0.2) is 35.0 Å². The topological polar surface area (TPSA) is 38.0 Å². The number of nitrogens with two attached hydrogens (primary N) is 1. The number of hydrogen-bond acceptors (Lipinski definition) is 3. The van der Waals surface area contributed by atoms with Gasteiger partial charge in [-0.2, -0.15) is 11.3 Å². The lowest BCUT2D eigenvalue weighted by Crippen LogP contribution is -2.19. The summed E-state index contributed by atoms with van der Waals surface area (Å²) in [6.07, 6.45) is 1.00. The van der Waals surface area contributed by atoms with Crippen LogP contribution in [-0.2, 0) is 6.54 Å². The average molecular weight is 258 g/mol.